The van der Waals surface area contributed by atoms with Crippen LogP contribution in [0, 0.1) is 19.7 Å². The molecule has 3 aromatic rings. The molecular formula is C25H21FN2O3. The van der Waals surface area contributed by atoms with Crippen LogP contribution in [0.5, 0.6) is 5.75 Å². The maximum absolute atomic E-state index is 13.7. The zero-order chi connectivity index (χ0) is 22.1. The number of carbonyl (C=O) groups excluding carboxylic acids is 2. The van der Waals surface area contributed by atoms with Gasteiger partial charge < -0.3 is 10.1 Å². The summed E-state index contributed by atoms with van der Waals surface area (Å²) in [4.78, 5) is 28.1. The van der Waals surface area contributed by atoms with E-state index >= 15 is 0 Å². The molecule has 0 fully saturated rings. The van der Waals surface area contributed by atoms with Gasteiger partial charge in [-0.1, -0.05) is 42.0 Å². The predicted molar refractivity (Wildman–Crippen MR) is 118 cm³/mol. The van der Waals surface area contributed by atoms with Crippen LogP contribution in [0.3, 0.4) is 0 Å². The van der Waals surface area contributed by atoms with Crippen molar-refractivity contribution in [2.75, 3.05) is 17.3 Å². The molecule has 156 valence electrons. The zero-order valence-corrected chi connectivity index (χ0v) is 17.4. The molecule has 0 aliphatic carbocycles. The van der Waals surface area contributed by atoms with E-state index in [1.54, 1.807) is 30.3 Å². The fourth-order valence-electron chi connectivity index (χ4n) is 3.73. The summed E-state index contributed by atoms with van der Waals surface area (Å²) in [5.74, 6) is -1.05. The molecule has 1 aliphatic heterocycles. The molecule has 0 saturated carbocycles. The zero-order valence-electron chi connectivity index (χ0n) is 17.4. The van der Waals surface area contributed by atoms with Crippen LogP contribution in [-0.2, 0) is 9.59 Å². The molecule has 0 unspecified atom stereocenters. The van der Waals surface area contributed by atoms with Crippen LogP contribution in [0.15, 0.2) is 72.4 Å². The van der Waals surface area contributed by atoms with E-state index in [0.717, 1.165) is 16.0 Å². The summed E-state index contributed by atoms with van der Waals surface area (Å²) in [7, 11) is 1.48. The molecule has 6 heteroatoms. The van der Waals surface area contributed by atoms with E-state index in [1.807, 2.05) is 32.0 Å². The van der Waals surface area contributed by atoms with Gasteiger partial charge in [-0.15, -0.1) is 0 Å². The largest absolute Gasteiger partial charge is 0.495 e. The van der Waals surface area contributed by atoms with Gasteiger partial charge in [-0.2, -0.15) is 0 Å². The van der Waals surface area contributed by atoms with E-state index in [4.69, 9.17) is 4.74 Å². The minimum absolute atomic E-state index is 0.0912. The first-order valence-corrected chi connectivity index (χ1v) is 9.77. The van der Waals surface area contributed by atoms with Gasteiger partial charge in [0.2, 0.25) is 0 Å². The van der Waals surface area contributed by atoms with E-state index in [0.29, 0.717) is 22.7 Å². The second-order valence-electron chi connectivity index (χ2n) is 7.32. The molecule has 0 radical (unpaired) electrons. The van der Waals surface area contributed by atoms with Crippen LogP contribution in [-0.4, -0.2) is 18.9 Å². The SMILES string of the molecule is COc1ccccc1N1C(=O)C(Nc2cccc(F)c2)=C(c2ccc(C)cc2C)C1=O. The van der Waals surface area contributed by atoms with Crippen molar-refractivity contribution in [1.82, 2.24) is 0 Å². The Kier molecular flexibility index (Phi) is 5.29. The third kappa shape index (κ3) is 3.68. The summed E-state index contributed by atoms with van der Waals surface area (Å²) in [6.45, 7) is 3.85. The topological polar surface area (TPSA) is 58.6 Å². The number of halogens is 1. The molecule has 0 spiro atoms. The molecule has 0 saturated heterocycles. The van der Waals surface area contributed by atoms with Crippen LogP contribution >= 0.6 is 0 Å². The van der Waals surface area contributed by atoms with Gasteiger partial charge in [-0.3, -0.25) is 9.59 Å². The summed E-state index contributed by atoms with van der Waals surface area (Å²) < 4.78 is 19.1. The number of rotatable bonds is 5. The first-order chi connectivity index (χ1) is 14.9. The van der Waals surface area contributed by atoms with E-state index in [1.165, 1.54) is 25.3 Å². The number of hydrogen-bond acceptors (Lipinski definition) is 4. The van der Waals surface area contributed by atoms with E-state index in [2.05, 4.69) is 5.32 Å². The molecule has 0 atom stereocenters. The number of hydrogen-bond donors (Lipinski definition) is 1. The van der Waals surface area contributed by atoms with Gasteiger partial charge >= 0.3 is 0 Å². The third-order valence-corrected chi connectivity index (χ3v) is 5.16. The Labute approximate surface area is 179 Å². The molecule has 1 N–H and O–H groups in total. The first kappa shape index (κ1) is 20.3. The van der Waals surface area contributed by atoms with Gasteiger partial charge in [0, 0.05) is 5.69 Å². The minimum Gasteiger partial charge on any atom is -0.495 e. The number of nitrogens with one attached hydrogen (secondary N) is 1. The Morgan fingerprint density at radius 2 is 1.68 bits per heavy atom. The molecule has 0 aromatic heterocycles. The third-order valence-electron chi connectivity index (χ3n) is 5.16. The maximum Gasteiger partial charge on any atom is 0.282 e. The smallest absolute Gasteiger partial charge is 0.282 e. The lowest BCUT2D eigenvalue weighted by Gasteiger charge is -2.18. The lowest BCUT2D eigenvalue weighted by Crippen LogP contribution is -2.32. The fourth-order valence-corrected chi connectivity index (χ4v) is 3.73. The molecule has 0 bridgehead atoms. The molecule has 1 aliphatic rings. The molecule has 1 heterocycles. The normalized spacial score (nSPS) is 13.7. The van der Waals surface area contributed by atoms with Crippen molar-refractivity contribution in [2.45, 2.75) is 13.8 Å². The number of imide groups is 1. The van der Waals surface area contributed by atoms with Gasteiger partial charge in [0.15, 0.2) is 0 Å². The van der Waals surface area contributed by atoms with Crippen molar-refractivity contribution < 1.29 is 18.7 Å². The predicted octanol–water partition coefficient (Wildman–Crippen LogP) is 4.85. The average molecular weight is 416 g/mol. The molecule has 3 aromatic carbocycles. The molecule has 2 amide bonds. The molecule has 31 heavy (non-hydrogen) atoms. The summed E-state index contributed by atoms with van der Waals surface area (Å²) in [5, 5.41) is 2.98. The standard InChI is InChI=1S/C25H21FN2O3/c1-15-11-12-19(16(2)13-15)22-23(27-18-8-6-7-17(26)14-18)25(30)28(24(22)29)20-9-4-5-10-21(20)31-3/h4-14,27H,1-3H3. The van der Waals surface area contributed by atoms with Crippen molar-refractivity contribution in [3.63, 3.8) is 0 Å². The van der Waals surface area contributed by atoms with E-state index in [9.17, 15) is 14.0 Å². The number of para-hydroxylation sites is 2. The summed E-state index contributed by atoms with van der Waals surface area (Å²) in [6, 6.07) is 18.3. The Morgan fingerprint density at radius 3 is 2.39 bits per heavy atom. The minimum atomic E-state index is -0.534. The Bertz CT molecular complexity index is 1230. The van der Waals surface area contributed by atoms with Crippen LogP contribution < -0.4 is 15.0 Å². The number of anilines is 2. The maximum atomic E-state index is 13.7. The number of amides is 2. The average Bonchev–Trinajstić information content (AvgIpc) is 2.98. The van der Waals surface area contributed by atoms with Gasteiger partial charge in [-0.25, -0.2) is 9.29 Å². The molecule has 4 rings (SSSR count). The van der Waals surface area contributed by atoms with Gasteiger partial charge in [-0.05, 0) is 55.3 Å². The number of aryl methyl sites for hydroxylation is 2. The van der Waals surface area contributed by atoms with Crippen molar-refractivity contribution in [2.24, 2.45) is 0 Å². The number of nitrogens with zero attached hydrogens (tertiary/aromatic N) is 1. The molecular weight excluding hydrogens is 395 g/mol. The number of carbonyl (C=O) groups is 2. The van der Waals surface area contributed by atoms with Crippen LogP contribution in [0.2, 0.25) is 0 Å². The second kappa shape index (κ2) is 8.07. The number of ether oxygens (including phenoxy) is 1. The lowest BCUT2D eigenvalue weighted by atomic mass is 9.97. The Hall–Kier alpha value is -3.93. The van der Waals surface area contributed by atoms with Crippen molar-refractivity contribution >= 4 is 28.8 Å². The van der Waals surface area contributed by atoms with Gasteiger partial charge in [0.25, 0.3) is 11.8 Å². The Morgan fingerprint density at radius 1 is 0.903 bits per heavy atom. The lowest BCUT2D eigenvalue weighted by molar-refractivity contribution is -0.120. The summed E-state index contributed by atoms with van der Waals surface area (Å²) in [6.07, 6.45) is 0. The van der Waals surface area contributed by atoms with Crippen LogP contribution in [0.4, 0.5) is 15.8 Å². The van der Waals surface area contributed by atoms with E-state index in [-0.39, 0.29) is 11.3 Å². The highest BCUT2D eigenvalue weighted by atomic mass is 19.1. The highest BCUT2D eigenvalue weighted by Gasteiger charge is 2.41. The fraction of sp³-hybridized carbons (Fsp3) is 0.120. The van der Waals surface area contributed by atoms with Crippen LogP contribution in [0.25, 0.3) is 5.57 Å². The summed E-state index contributed by atoms with van der Waals surface area (Å²) in [5.41, 5.74) is 3.58. The number of methoxy groups -OCH3 is 1. The van der Waals surface area contributed by atoms with Gasteiger partial charge in [0.1, 0.15) is 17.3 Å². The van der Waals surface area contributed by atoms with Crippen molar-refractivity contribution in [3.05, 3.63) is 94.9 Å². The quantitative estimate of drug-likeness (QED) is 0.604. The first-order valence-electron chi connectivity index (χ1n) is 9.77. The van der Waals surface area contributed by atoms with Gasteiger partial charge in [0.05, 0.1) is 18.4 Å². The Balaban J connectivity index is 1.88. The number of benzene rings is 3. The summed E-state index contributed by atoms with van der Waals surface area (Å²) >= 11 is 0. The van der Waals surface area contributed by atoms with Crippen molar-refractivity contribution in [1.29, 1.82) is 0 Å². The van der Waals surface area contributed by atoms with Crippen LogP contribution in [0.1, 0.15) is 16.7 Å². The highest BCUT2D eigenvalue weighted by Crippen LogP contribution is 2.38. The van der Waals surface area contributed by atoms with E-state index < -0.39 is 17.6 Å². The molecule has 5 nitrogen and oxygen atoms in total. The van der Waals surface area contributed by atoms with Crippen molar-refractivity contribution in [3.8, 4) is 5.75 Å². The highest BCUT2D eigenvalue weighted by molar-refractivity contribution is 6.46. The monoisotopic (exact) mass is 416 g/mol. The second-order valence-corrected chi connectivity index (χ2v) is 7.32.